The van der Waals surface area contributed by atoms with E-state index in [1.165, 1.54) is 38.6 Å². The quantitative estimate of drug-likeness (QED) is 0.791. The lowest BCUT2D eigenvalue weighted by Gasteiger charge is -2.37. The van der Waals surface area contributed by atoms with Crippen molar-refractivity contribution in [2.75, 3.05) is 26.3 Å². The Morgan fingerprint density at radius 3 is 2.88 bits per heavy atom. The van der Waals surface area contributed by atoms with E-state index in [-0.39, 0.29) is 6.04 Å². The number of hydrogen-bond acceptors (Lipinski definition) is 3. The van der Waals surface area contributed by atoms with Crippen LogP contribution in [0.25, 0.3) is 0 Å². The molecule has 0 aromatic rings. The Bertz CT molecular complexity index is 208. The van der Waals surface area contributed by atoms with Crippen molar-refractivity contribution in [1.82, 2.24) is 4.90 Å². The third-order valence-electron chi connectivity index (χ3n) is 4.09. The molecule has 2 heterocycles. The summed E-state index contributed by atoms with van der Waals surface area (Å²) in [5, 5.41) is 0. The van der Waals surface area contributed by atoms with Crippen LogP contribution in [0.2, 0.25) is 0 Å². The van der Waals surface area contributed by atoms with Gasteiger partial charge in [-0.05, 0) is 25.8 Å². The van der Waals surface area contributed by atoms with Gasteiger partial charge in [-0.2, -0.15) is 0 Å². The van der Waals surface area contributed by atoms with E-state index in [4.69, 9.17) is 10.5 Å². The summed E-state index contributed by atoms with van der Waals surface area (Å²) in [5.74, 6) is 0.567. The van der Waals surface area contributed by atoms with Crippen LogP contribution in [0.1, 0.15) is 39.0 Å². The molecule has 0 bridgehead atoms. The monoisotopic (exact) mass is 226 g/mol. The first-order chi connectivity index (χ1) is 7.81. The van der Waals surface area contributed by atoms with Gasteiger partial charge in [0.05, 0.1) is 13.2 Å². The average Bonchev–Trinajstić information content (AvgIpc) is 2.68. The molecule has 2 fully saturated rings. The number of piperidine rings is 1. The highest BCUT2D eigenvalue weighted by Crippen LogP contribution is 2.23. The van der Waals surface area contributed by atoms with E-state index in [1.54, 1.807) is 0 Å². The Morgan fingerprint density at radius 2 is 2.19 bits per heavy atom. The molecular weight excluding hydrogens is 200 g/mol. The van der Waals surface area contributed by atoms with Crippen molar-refractivity contribution in [3.05, 3.63) is 0 Å². The molecule has 3 nitrogen and oxygen atoms in total. The second-order valence-corrected chi connectivity index (χ2v) is 5.39. The predicted molar refractivity (Wildman–Crippen MR) is 66.4 cm³/mol. The molecule has 0 saturated carbocycles. The number of ether oxygens (including phenoxy) is 1. The highest BCUT2D eigenvalue weighted by molar-refractivity contribution is 4.85. The van der Waals surface area contributed by atoms with Crippen LogP contribution in [0.3, 0.4) is 0 Å². The summed E-state index contributed by atoms with van der Waals surface area (Å²) < 4.78 is 5.45. The molecule has 0 aromatic carbocycles. The maximum Gasteiger partial charge on any atom is 0.0621 e. The Hall–Kier alpha value is -0.120. The number of nitrogens with two attached hydrogens (primary N) is 1. The smallest absolute Gasteiger partial charge is 0.0621 e. The summed E-state index contributed by atoms with van der Waals surface area (Å²) in [6.07, 6.45) is 6.81. The summed E-state index contributed by atoms with van der Waals surface area (Å²) in [7, 11) is 0. The molecule has 3 unspecified atom stereocenters. The van der Waals surface area contributed by atoms with Crippen LogP contribution in [0, 0.1) is 5.92 Å². The van der Waals surface area contributed by atoms with E-state index >= 15 is 0 Å². The van der Waals surface area contributed by atoms with Gasteiger partial charge in [-0.15, -0.1) is 0 Å². The first kappa shape index (κ1) is 12.3. The van der Waals surface area contributed by atoms with Crippen LogP contribution in [-0.2, 0) is 4.74 Å². The molecule has 2 saturated heterocycles. The lowest BCUT2D eigenvalue weighted by molar-refractivity contribution is 0.107. The van der Waals surface area contributed by atoms with Crippen molar-refractivity contribution in [2.24, 2.45) is 11.7 Å². The number of rotatable bonds is 4. The molecule has 0 aromatic heterocycles. The highest BCUT2D eigenvalue weighted by atomic mass is 16.5. The molecule has 3 atom stereocenters. The van der Waals surface area contributed by atoms with E-state index in [9.17, 15) is 0 Å². The van der Waals surface area contributed by atoms with E-state index in [1.807, 2.05) is 0 Å². The minimum atomic E-state index is 0.268. The summed E-state index contributed by atoms with van der Waals surface area (Å²) in [5.41, 5.74) is 6.06. The van der Waals surface area contributed by atoms with Crippen LogP contribution in [0.15, 0.2) is 0 Å². The van der Waals surface area contributed by atoms with Crippen LogP contribution < -0.4 is 5.73 Å². The van der Waals surface area contributed by atoms with Gasteiger partial charge in [-0.1, -0.05) is 19.8 Å². The zero-order valence-electron chi connectivity index (χ0n) is 10.5. The lowest BCUT2D eigenvalue weighted by atomic mass is 9.95. The Morgan fingerprint density at radius 1 is 1.31 bits per heavy atom. The molecule has 2 rings (SSSR count). The molecular formula is C13H26N2O. The topological polar surface area (TPSA) is 38.5 Å². The van der Waals surface area contributed by atoms with E-state index in [0.29, 0.717) is 5.92 Å². The van der Waals surface area contributed by atoms with Gasteiger partial charge in [-0.3, -0.25) is 4.90 Å². The molecule has 3 heteroatoms. The van der Waals surface area contributed by atoms with Crippen molar-refractivity contribution in [2.45, 2.75) is 51.1 Å². The molecule has 2 aliphatic heterocycles. The van der Waals surface area contributed by atoms with Crippen molar-refractivity contribution in [1.29, 1.82) is 0 Å². The normalized spacial score (nSPS) is 36.8. The van der Waals surface area contributed by atoms with Crippen molar-refractivity contribution in [3.63, 3.8) is 0 Å². The molecule has 0 aliphatic carbocycles. The van der Waals surface area contributed by atoms with Crippen molar-refractivity contribution in [3.8, 4) is 0 Å². The van der Waals surface area contributed by atoms with Crippen molar-refractivity contribution < 1.29 is 4.74 Å². The van der Waals surface area contributed by atoms with Crippen LogP contribution in [-0.4, -0.2) is 43.3 Å². The Balaban J connectivity index is 1.85. The predicted octanol–water partition coefficient (Wildman–Crippen LogP) is 1.61. The zero-order valence-corrected chi connectivity index (χ0v) is 10.5. The maximum atomic E-state index is 6.06. The van der Waals surface area contributed by atoms with E-state index in [2.05, 4.69) is 11.8 Å². The van der Waals surface area contributed by atoms with Crippen LogP contribution in [0.4, 0.5) is 0 Å². The fraction of sp³-hybridized carbons (Fsp3) is 1.00. The molecule has 0 spiro atoms. The first-order valence-electron chi connectivity index (χ1n) is 6.88. The second-order valence-electron chi connectivity index (χ2n) is 5.39. The third kappa shape index (κ3) is 2.96. The molecule has 2 N–H and O–H groups in total. The minimum absolute atomic E-state index is 0.268. The summed E-state index contributed by atoms with van der Waals surface area (Å²) in [6.45, 7) is 6.35. The standard InChI is InChI=1S/C13H26N2O/c1-2-5-12-6-3-4-7-15(12)8-11-9-16-10-13(11)14/h11-13H,2-10,14H2,1H3. The summed E-state index contributed by atoms with van der Waals surface area (Å²) in [6, 6.07) is 1.08. The van der Waals surface area contributed by atoms with Gasteiger partial charge >= 0.3 is 0 Å². The van der Waals surface area contributed by atoms with Gasteiger partial charge < -0.3 is 10.5 Å². The molecule has 94 valence electrons. The van der Waals surface area contributed by atoms with Gasteiger partial charge in [-0.25, -0.2) is 0 Å². The maximum absolute atomic E-state index is 6.06. The lowest BCUT2D eigenvalue weighted by Crippen LogP contribution is -2.45. The van der Waals surface area contributed by atoms with E-state index in [0.717, 1.165) is 25.8 Å². The fourth-order valence-electron chi connectivity index (χ4n) is 3.06. The summed E-state index contributed by atoms with van der Waals surface area (Å²) >= 11 is 0. The zero-order chi connectivity index (χ0) is 11.4. The first-order valence-corrected chi connectivity index (χ1v) is 6.88. The number of likely N-dealkylation sites (tertiary alicyclic amines) is 1. The van der Waals surface area contributed by atoms with Gasteiger partial charge in [0.15, 0.2) is 0 Å². The van der Waals surface area contributed by atoms with Gasteiger partial charge in [0, 0.05) is 24.5 Å². The second kappa shape index (κ2) is 5.99. The van der Waals surface area contributed by atoms with Gasteiger partial charge in [0.25, 0.3) is 0 Å². The van der Waals surface area contributed by atoms with Crippen LogP contribution >= 0.6 is 0 Å². The van der Waals surface area contributed by atoms with Gasteiger partial charge in [0.2, 0.25) is 0 Å². The van der Waals surface area contributed by atoms with Crippen molar-refractivity contribution >= 4 is 0 Å². The van der Waals surface area contributed by atoms with Crippen LogP contribution in [0.5, 0.6) is 0 Å². The fourth-order valence-corrected chi connectivity index (χ4v) is 3.06. The van der Waals surface area contributed by atoms with Gasteiger partial charge in [0.1, 0.15) is 0 Å². The summed E-state index contributed by atoms with van der Waals surface area (Å²) in [4.78, 5) is 2.67. The Labute approximate surface area is 99.3 Å². The third-order valence-corrected chi connectivity index (χ3v) is 4.09. The Kier molecular flexibility index (Phi) is 4.62. The molecule has 2 aliphatic rings. The minimum Gasteiger partial charge on any atom is -0.379 e. The number of nitrogens with zero attached hydrogens (tertiary/aromatic N) is 1. The highest BCUT2D eigenvalue weighted by Gasteiger charge is 2.30. The molecule has 0 amide bonds. The van der Waals surface area contributed by atoms with E-state index < -0.39 is 0 Å². The number of hydrogen-bond donors (Lipinski definition) is 1. The molecule has 16 heavy (non-hydrogen) atoms. The largest absolute Gasteiger partial charge is 0.379 e. The average molecular weight is 226 g/mol. The SMILES string of the molecule is CCCC1CCCCN1CC1COCC1N. The molecule has 0 radical (unpaired) electrons.